The van der Waals surface area contributed by atoms with Crippen molar-refractivity contribution in [3.63, 3.8) is 0 Å². The van der Waals surface area contributed by atoms with E-state index in [-0.39, 0.29) is 30.6 Å². The van der Waals surface area contributed by atoms with Crippen LogP contribution in [0.2, 0.25) is 0 Å². The molecule has 4 rings (SSSR count). The van der Waals surface area contributed by atoms with Crippen LogP contribution >= 0.6 is 0 Å². The van der Waals surface area contributed by atoms with Gasteiger partial charge in [0.15, 0.2) is 12.4 Å². The van der Waals surface area contributed by atoms with Crippen molar-refractivity contribution >= 4 is 11.7 Å². The molecule has 10 heteroatoms. The standard InChI is InChI=1S/C24H23F3N4O3/c1-16(30-13-10-24(26,27)21(15-30)17-8-11-31(33)12-9-17)23(32)29-22-7-6-20(14-28-22)34-19-4-2-18(25)3-5-19/h2-9,11-12,14,16,21H,10,13,15H2,1H3,(H,28,29,32). The van der Waals surface area contributed by atoms with E-state index in [0.29, 0.717) is 21.8 Å². The minimum atomic E-state index is -2.94. The number of piperidine rings is 1. The van der Waals surface area contributed by atoms with E-state index < -0.39 is 24.3 Å². The van der Waals surface area contributed by atoms with E-state index in [4.69, 9.17) is 4.74 Å². The van der Waals surface area contributed by atoms with Crippen LogP contribution < -0.4 is 14.8 Å². The van der Waals surface area contributed by atoms with Crippen LogP contribution in [0.3, 0.4) is 0 Å². The van der Waals surface area contributed by atoms with Gasteiger partial charge in [-0.3, -0.25) is 9.69 Å². The minimum Gasteiger partial charge on any atom is -0.619 e. The Kier molecular flexibility index (Phi) is 6.69. The second kappa shape index (κ2) is 9.68. The third kappa shape index (κ3) is 5.45. The van der Waals surface area contributed by atoms with Gasteiger partial charge in [0, 0.05) is 31.6 Å². The van der Waals surface area contributed by atoms with Gasteiger partial charge in [-0.05, 0) is 48.9 Å². The molecule has 1 aliphatic rings. The van der Waals surface area contributed by atoms with Crippen LogP contribution in [0.4, 0.5) is 19.0 Å². The number of nitrogens with zero attached hydrogens (tertiary/aromatic N) is 3. The molecular weight excluding hydrogens is 449 g/mol. The average molecular weight is 472 g/mol. The molecule has 3 aromatic rings. The molecule has 2 unspecified atom stereocenters. The van der Waals surface area contributed by atoms with Crippen molar-refractivity contribution in [2.45, 2.75) is 31.2 Å². The maximum Gasteiger partial charge on any atom is 0.257 e. The molecular formula is C24H23F3N4O3. The molecule has 0 saturated carbocycles. The first kappa shape index (κ1) is 23.5. The number of nitrogens with one attached hydrogen (secondary N) is 1. The predicted molar refractivity (Wildman–Crippen MR) is 118 cm³/mol. The molecule has 1 fully saturated rings. The Hall–Kier alpha value is -3.66. The summed E-state index contributed by atoms with van der Waals surface area (Å²) in [5, 5.41) is 14.0. The fourth-order valence-electron chi connectivity index (χ4n) is 3.83. The van der Waals surface area contributed by atoms with Gasteiger partial charge in [-0.15, -0.1) is 0 Å². The van der Waals surface area contributed by atoms with Crippen LogP contribution in [0, 0.1) is 11.0 Å². The summed E-state index contributed by atoms with van der Waals surface area (Å²) in [6.07, 6.45) is 3.40. The lowest BCUT2D eigenvalue weighted by Gasteiger charge is -2.40. The fraction of sp³-hybridized carbons (Fsp3) is 0.292. The highest BCUT2D eigenvalue weighted by atomic mass is 19.3. The van der Waals surface area contributed by atoms with Crippen molar-refractivity contribution in [1.82, 2.24) is 9.88 Å². The van der Waals surface area contributed by atoms with Gasteiger partial charge < -0.3 is 15.3 Å². The molecule has 1 saturated heterocycles. The maximum atomic E-state index is 14.6. The van der Waals surface area contributed by atoms with Gasteiger partial charge in [0.2, 0.25) is 5.91 Å². The van der Waals surface area contributed by atoms with Crippen molar-refractivity contribution in [3.05, 3.63) is 83.7 Å². The number of alkyl halides is 2. The molecule has 0 radical (unpaired) electrons. The maximum absolute atomic E-state index is 14.6. The van der Waals surface area contributed by atoms with Gasteiger partial charge in [0.05, 0.1) is 18.2 Å². The number of carbonyl (C=O) groups is 1. The molecule has 0 spiro atoms. The van der Waals surface area contributed by atoms with Crippen LogP contribution in [-0.2, 0) is 4.79 Å². The monoisotopic (exact) mass is 472 g/mol. The molecule has 0 bridgehead atoms. The van der Waals surface area contributed by atoms with Gasteiger partial charge in [0.1, 0.15) is 23.1 Å². The van der Waals surface area contributed by atoms with Gasteiger partial charge in [-0.1, -0.05) is 0 Å². The van der Waals surface area contributed by atoms with E-state index in [0.717, 1.165) is 0 Å². The summed E-state index contributed by atoms with van der Waals surface area (Å²) in [5.41, 5.74) is 0.354. The predicted octanol–water partition coefficient (Wildman–Crippen LogP) is 4.10. The Morgan fingerprint density at radius 2 is 1.85 bits per heavy atom. The summed E-state index contributed by atoms with van der Waals surface area (Å²) < 4.78 is 48.3. The third-order valence-electron chi connectivity index (χ3n) is 5.85. The zero-order chi connectivity index (χ0) is 24.3. The Bertz CT molecular complexity index is 1130. The topological polar surface area (TPSA) is 81.4 Å². The summed E-state index contributed by atoms with van der Waals surface area (Å²) >= 11 is 0. The highest BCUT2D eigenvalue weighted by Gasteiger charge is 2.46. The van der Waals surface area contributed by atoms with E-state index in [1.54, 1.807) is 24.0 Å². The van der Waals surface area contributed by atoms with Crippen LogP contribution in [-0.4, -0.2) is 40.8 Å². The number of likely N-dealkylation sites (tertiary alicyclic amines) is 1. The van der Waals surface area contributed by atoms with E-state index in [2.05, 4.69) is 10.3 Å². The van der Waals surface area contributed by atoms with Crippen molar-refractivity contribution in [1.29, 1.82) is 0 Å². The van der Waals surface area contributed by atoms with Crippen molar-refractivity contribution in [2.24, 2.45) is 0 Å². The van der Waals surface area contributed by atoms with Crippen LogP contribution in [0.15, 0.2) is 67.1 Å². The Labute approximate surface area is 194 Å². The van der Waals surface area contributed by atoms with Crippen molar-refractivity contribution in [3.8, 4) is 11.5 Å². The number of halogens is 3. The van der Waals surface area contributed by atoms with E-state index >= 15 is 0 Å². The highest BCUT2D eigenvalue weighted by Crippen LogP contribution is 2.40. The Morgan fingerprint density at radius 3 is 2.50 bits per heavy atom. The van der Waals surface area contributed by atoms with Gasteiger partial charge >= 0.3 is 0 Å². The summed E-state index contributed by atoms with van der Waals surface area (Å²) in [6, 6.07) is 10.8. The lowest BCUT2D eigenvalue weighted by Crippen LogP contribution is -2.52. The van der Waals surface area contributed by atoms with E-state index in [9.17, 15) is 23.2 Å². The molecule has 7 nitrogen and oxygen atoms in total. The van der Waals surface area contributed by atoms with Gasteiger partial charge in [-0.25, -0.2) is 18.2 Å². The second-order valence-corrected chi connectivity index (χ2v) is 8.15. The number of ether oxygens (including phenoxy) is 1. The molecule has 0 aliphatic carbocycles. The fourth-order valence-corrected chi connectivity index (χ4v) is 3.83. The molecule has 2 aromatic heterocycles. The molecule has 178 valence electrons. The Balaban J connectivity index is 1.38. The number of hydrogen-bond donors (Lipinski definition) is 1. The third-order valence-corrected chi connectivity index (χ3v) is 5.85. The van der Waals surface area contributed by atoms with Gasteiger partial charge in [-0.2, -0.15) is 4.73 Å². The number of benzene rings is 1. The summed E-state index contributed by atoms with van der Waals surface area (Å²) in [6.45, 7) is 1.69. The molecule has 1 N–H and O–H groups in total. The molecule has 1 aliphatic heterocycles. The van der Waals surface area contributed by atoms with Crippen molar-refractivity contribution < 1.29 is 27.4 Å². The molecule has 34 heavy (non-hydrogen) atoms. The number of rotatable bonds is 6. The zero-order valence-electron chi connectivity index (χ0n) is 18.3. The second-order valence-electron chi connectivity index (χ2n) is 8.15. The molecule has 1 amide bonds. The number of carbonyl (C=O) groups excluding carboxylic acids is 1. The van der Waals surface area contributed by atoms with E-state index in [1.165, 1.54) is 55.0 Å². The minimum absolute atomic E-state index is 0.0255. The largest absolute Gasteiger partial charge is 0.619 e. The average Bonchev–Trinajstić information content (AvgIpc) is 2.82. The summed E-state index contributed by atoms with van der Waals surface area (Å²) in [5.74, 6) is -3.70. The first-order valence-corrected chi connectivity index (χ1v) is 10.7. The number of amides is 1. The van der Waals surface area contributed by atoms with Crippen LogP contribution in [0.1, 0.15) is 24.8 Å². The SMILES string of the molecule is CC(C(=O)Nc1ccc(Oc2ccc(F)cc2)cn1)N1CCC(F)(F)C(c2cc[n+]([O-])cc2)C1. The van der Waals surface area contributed by atoms with E-state index in [1.807, 2.05) is 0 Å². The zero-order valence-corrected chi connectivity index (χ0v) is 18.3. The Morgan fingerprint density at radius 1 is 1.18 bits per heavy atom. The normalized spacial score (nSPS) is 18.8. The van der Waals surface area contributed by atoms with Crippen LogP contribution in [0.5, 0.6) is 11.5 Å². The molecule has 3 heterocycles. The number of hydrogen-bond acceptors (Lipinski definition) is 5. The number of aromatic nitrogens is 2. The quantitative estimate of drug-likeness (QED) is 0.432. The first-order valence-electron chi connectivity index (χ1n) is 10.7. The lowest BCUT2D eigenvalue weighted by molar-refractivity contribution is -0.605. The highest BCUT2D eigenvalue weighted by molar-refractivity contribution is 5.93. The first-order chi connectivity index (χ1) is 16.2. The molecule has 1 aromatic carbocycles. The van der Waals surface area contributed by atoms with Crippen LogP contribution in [0.25, 0.3) is 0 Å². The number of anilines is 1. The number of pyridine rings is 2. The van der Waals surface area contributed by atoms with Gasteiger partial charge in [0.25, 0.3) is 5.92 Å². The smallest absolute Gasteiger partial charge is 0.257 e. The molecule has 2 atom stereocenters. The summed E-state index contributed by atoms with van der Waals surface area (Å²) in [4.78, 5) is 18.6. The lowest BCUT2D eigenvalue weighted by atomic mass is 9.87. The van der Waals surface area contributed by atoms with Crippen molar-refractivity contribution in [2.75, 3.05) is 18.4 Å². The summed E-state index contributed by atoms with van der Waals surface area (Å²) in [7, 11) is 0.